The van der Waals surface area contributed by atoms with E-state index in [9.17, 15) is 9.59 Å². The fraction of sp³-hybridized carbons (Fsp3) is 0.250. The zero-order chi connectivity index (χ0) is 19.1. The van der Waals surface area contributed by atoms with Gasteiger partial charge in [-0.1, -0.05) is 12.1 Å². The van der Waals surface area contributed by atoms with Crippen molar-refractivity contribution in [3.63, 3.8) is 0 Å². The van der Waals surface area contributed by atoms with Crippen LogP contribution >= 0.6 is 0 Å². The second-order valence-electron chi connectivity index (χ2n) is 5.97. The summed E-state index contributed by atoms with van der Waals surface area (Å²) in [6.45, 7) is 5.06. The van der Waals surface area contributed by atoms with Crippen LogP contribution in [0.25, 0.3) is 0 Å². The van der Waals surface area contributed by atoms with Gasteiger partial charge in [-0.15, -0.1) is 0 Å². The summed E-state index contributed by atoms with van der Waals surface area (Å²) in [6, 6.07) is 15.7. The van der Waals surface area contributed by atoms with Crippen LogP contribution in [-0.4, -0.2) is 24.5 Å². The maximum Gasteiger partial charge on any atom is 0.244 e. The van der Waals surface area contributed by atoms with E-state index >= 15 is 0 Å². The molecule has 0 bridgehead atoms. The van der Waals surface area contributed by atoms with Gasteiger partial charge in [0.1, 0.15) is 12.3 Å². The van der Waals surface area contributed by atoms with Gasteiger partial charge in [0.05, 0.1) is 23.4 Å². The van der Waals surface area contributed by atoms with Crippen LogP contribution in [-0.2, 0) is 9.59 Å². The van der Waals surface area contributed by atoms with E-state index in [-0.39, 0.29) is 24.5 Å². The molecule has 2 rings (SSSR count). The summed E-state index contributed by atoms with van der Waals surface area (Å²) in [5, 5.41) is 11.7. The number of ether oxygens (including phenoxy) is 1. The van der Waals surface area contributed by atoms with Crippen molar-refractivity contribution in [2.45, 2.75) is 26.9 Å². The number of para-hydroxylation sites is 2. The molecule has 0 fully saturated rings. The maximum absolute atomic E-state index is 12.4. The summed E-state index contributed by atoms with van der Waals surface area (Å²) < 4.78 is 5.68. The van der Waals surface area contributed by atoms with Crippen molar-refractivity contribution in [3.8, 4) is 11.8 Å². The van der Waals surface area contributed by atoms with Crippen LogP contribution in [0.4, 0.5) is 11.4 Å². The molecule has 26 heavy (non-hydrogen) atoms. The zero-order valence-electron chi connectivity index (χ0n) is 15.0. The monoisotopic (exact) mass is 351 g/mol. The van der Waals surface area contributed by atoms with Crippen molar-refractivity contribution in [2.24, 2.45) is 0 Å². The van der Waals surface area contributed by atoms with E-state index < -0.39 is 0 Å². The first kappa shape index (κ1) is 19.0. The number of anilines is 2. The molecular weight excluding hydrogens is 330 g/mol. The van der Waals surface area contributed by atoms with Gasteiger partial charge in [-0.05, 0) is 50.2 Å². The number of nitriles is 1. The van der Waals surface area contributed by atoms with Crippen molar-refractivity contribution < 1.29 is 14.3 Å². The smallest absolute Gasteiger partial charge is 0.244 e. The number of benzene rings is 2. The fourth-order valence-electron chi connectivity index (χ4n) is 2.36. The molecule has 0 atom stereocenters. The lowest BCUT2D eigenvalue weighted by Crippen LogP contribution is -2.36. The molecule has 0 aliphatic heterocycles. The molecule has 0 saturated carbocycles. The topological polar surface area (TPSA) is 82.4 Å². The minimum Gasteiger partial charge on any atom is -0.489 e. The van der Waals surface area contributed by atoms with Gasteiger partial charge >= 0.3 is 0 Å². The van der Waals surface area contributed by atoms with Gasteiger partial charge in [0.2, 0.25) is 11.8 Å². The summed E-state index contributed by atoms with van der Waals surface area (Å²) in [5.74, 6) is -0.0375. The Morgan fingerprint density at radius 1 is 1.15 bits per heavy atom. The van der Waals surface area contributed by atoms with E-state index in [0.29, 0.717) is 22.7 Å². The zero-order valence-corrected chi connectivity index (χ0v) is 15.0. The number of carbonyl (C=O) groups excluding carboxylic acids is 2. The van der Waals surface area contributed by atoms with E-state index in [1.54, 1.807) is 42.5 Å². The number of nitrogens with one attached hydrogen (secondary N) is 1. The third-order valence-electron chi connectivity index (χ3n) is 3.51. The van der Waals surface area contributed by atoms with Gasteiger partial charge in [-0.3, -0.25) is 9.59 Å². The van der Waals surface area contributed by atoms with Gasteiger partial charge in [-0.25, -0.2) is 0 Å². The first-order chi connectivity index (χ1) is 12.4. The van der Waals surface area contributed by atoms with Gasteiger partial charge in [-0.2, -0.15) is 5.26 Å². The Kier molecular flexibility index (Phi) is 6.34. The van der Waals surface area contributed by atoms with Gasteiger partial charge in [0, 0.05) is 12.6 Å². The molecule has 2 aromatic rings. The third kappa shape index (κ3) is 5.08. The van der Waals surface area contributed by atoms with Crippen molar-refractivity contribution in [3.05, 3.63) is 54.1 Å². The van der Waals surface area contributed by atoms with Gasteiger partial charge in [0.15, 0.2) is 0 Å². The quantitative estimate of drug-likeness (QED) is 0.865. The summed E-state index contributed by atoms with van der Waals surface area (Å²) in [6.07, 6.45) is -0.0274. The Bertz CT molecular complexity index is 823. The lowest BCUT2D eigenvalue weighted by Gasteiger charge is -2.21. The van der Waals surface area contributed by atoms with E-state index in [1.165, 1.54) is 11.8 Å². The van der Waals surface area contributed by atoms with Crippen LogP contribution in [0.5, 0.6) is 5.75 Å². The van der Waals surface area contributed by atoms with Crippen molar-refractivity contribution in [1.29, 1.82) is 5.26 Å². The van der Waals surface area contributed by atoms with Crippen molar-refractivity contribution in [2.75, 3.05) is 16.8 Å². The summed E-state index contributed by atoms with van der Waals surface area (Å²) in [4.78, 5) is 25.8. The second-order valence-corrected chi connectivity index (χ2v) is 5.97. The minimum absolute atomic E-state index is 0.0274. The number of carbonyl (C=O) groups is 2. The number of nitrogens with zero attached hydrogens (tertiary/aromatic N) is 2. The molecule has 6 nitrogen and oxygen atoms in total. The molecule has 0 unspecified atom stereocenters. The molecule has 134 valence electrons. The SMILES string of the molecule is CC(=O)N(CC(=O)Nc1ccccc1OC(C)C)c1ccc(C#N)cc1. The molecule has 0 radical (unpaired) electrons. The highest BCUT2D eigenvalue weighted by molar-refractivity contribution is 6.02. The van der Waals surface area contributed by atoms with Crippen LogP contribution in [0.2, 0.25) is 0 Å². The van der Waals surface area contributed by atoms with Crippen molar-refractivity contribution in [1.82, 2.24) is 0 Å². The lowest BCUT2D eigenvalue weighted by atomic mass is 10.2. The van der Waals surface area contributed by atoms with Crippen LogP contribution in [0.3, 0.4) is 0 Å². The first-order valence-corrected chi connectivity index (χ1v) is 8.24. The standard InChI is InChI=1S/C20H21N3O3/c1-14(2)26-19-7-5-4-6-18(19)22-20(25)13-23(15(3)24)17-10-8-16(12-21)9-11-17/h4-11,14H,13H2,1-3H3,(H,22,25). The lowest BCUT2D eigenvalue weighted by molar-refractivity contribution is -0.120. The normalized spacial score (nSPS) is 10.1. The molecule has 0 aliphatic carbocycles. The molecule has 0 aliphatic rings. The number of hydrogen-bond donors (Lipinski definition) is 1. The summed E-state index contributed by atoms with van der Waals surface area (Å²) in [7, 11) is 0. The van der Waals surface area contributed by atoms with E-state index in [0.717, 1.165) is 0 Å². The third-order valence-corrected chi connectivity index (χ3v) is 3.51. The molecule has 0 heterocycles. The Labute approximate surface area is 153 Å². The first-order valence-electron chi connectivity index (χ1n) is 8.24. The highest BCUT2D eigenvalue weighted by Gasteiger charge is 2.17. The number of hydrogen-bond acceptors (Lipinski definition) is 4. The van der Waals surface area contributed by atoms with E-state index in [2.05, 4.69) is 5.32 Å². The van der Waals surface area contributed by atoms with E-state index in [4.69, 9.17) is 10.00 Å². The number of amides is 2. The van der Waals surface area contributed by atoms with Gasteiger partial charge < -0.3 is 15.0 Å². The average molecular weight is 351 g/mol. The summed E-state index contributed by atoms with van der Waals surface area (Å²) >= 11 is 0. The minimum atomic E-state index is -0.343. The highest BCUT2D eigenvalue weighted by Crippen LogP contribution is 2.25. The summed E-state index contributed by atoms with van der Waals surface area (Å²) in [5.41, 5.74) is 1.59. The Hall–Kier alpha value is -3.33. The molecular formula is C20H21N3O3. The van der Waals surface area contributed by atoms with Crippen LogP contribution < -0.4 is 15.0 Å². The molecule has 1 N–H and O–H groups in total. The van der Waals surface area contributed by atoms with Crippen LogP contribution in [0.1, 0.15) is 26.3 Å². The van der Waals surface area contributed by atoms with Gasteiger partial charge in [0.25, 0.3) is 0 Å². The molecule has 0 aromatic heterocycles. The van der Waals surface area contributed by atoms with Crippen LogP contribution in [0.15, 0.2) is 48.5 Å². The Balaban J connectivity index is 2.13. The molecule has 2 amide bonds. The fourth-order valence-corrected chi connectivity index (χ4v) is 2.36. The predicted molar refractivity (Wildman–Crippen MR) is 100 cm³/mol. The second kappa shape index (κ2) is 8.67. The Morgan fingerprint density at radius 2 is 1.81 bits per heavy atom. The largest absolute Gasteiger partial charge is 0.489 e. The maximum atomic E-state index is 12.4. The number of rotatable bonds is 6. The highest BCUT2D eigenvalue weighted by atomic mass is 16.5. The van der Waals surface area contributed by atoms with E-state index in [1.807, 2.05) is 26.0 Å². The average Bonchev–Trinajstić information content (AvgIpc) is 2.61. The molecule has 0 spiro atoms. The Morgan fingerprint density at radius 3 is 2.38 bits per heavy atom. The predicted octanol–water partition coefficient (Wildman–Crippen LogP) is 3.34. The molecule has 6 heteroatoms. The molecule has 2 aromatic carbocycles. The van der Waals surface area contributed by atoms with Crippen LogP contribution in [0, 0.1) is 11.3 Å². The van der Waals surface area contributed by atoms with Crippen molar-refractivity contribution >= 4 is 23.2 Å². The molecule has 0 saturated heterocycles.